The molecule has 2 aromatic rings. The zero-order valence-electron chi connectivity index (χ0n) is 19.1. The first kappa shape index (κ1) is 23.4. The Hall–Kier alpha value is -2.31. The summed E-state index contributed by atoms with van der Waals surface area (Å²) in [5.74, 6) is 1.02. The average molecular weight is 443 g/mol. The number of ether oxygens (including phenoxy) is 3. The summed E-state index contributed by atoms with van der Waals surface area (Å²) >= 11 is 0. The number of esters is 1. The van der Waals surface area contributed by atoms with Crippen LogP contribution in [0, 0.1) is 0 Å². The van der Waals surface area contributed by atoms with Crippen LogP contribution in [0.5, 0.6) is 11.5 Å². The maximum atomic E-state index is 12.7. The molecule has 31 heavy (non-hydrogen) atoms. The van der Waals surface area contributed by atoms with Gasteiger partial charge in [0.25, 0.3) is 0 Å². The lowest BCUT2D eigenvalue weighted by molar-refractivity contribution is -0.157. The summed E-state index contributed by atoms with van der Waals surface area (Å²) in [5, 5.41) is 0. The standard InChI is InChI=1S/C25H34O5Si/c1-5-27-25(26)24-23(30-31(6-2,7-3)8-4)16-20-14-15-21(17-22(20)29-24)28-18-19-12-10-9-11-13-19/h9-15,17,23-24H,5-8,16,18H2,1-4H3/t23-,24-/m0/s1. The minimum atomic E-state index is -1.91. The Bertz CT molecular complexity index is 842. The summed E-state index contributed by atoms with van der Waals surface area (Å²) in [6.45, 7) is 9.16. The van der Waals surface area contributed by atoms with Crippen LogP contribution >= 0.6 is 0 Å². The summed E-state index contributed by atoms with van der Waals surface area (Å²) in [4.78, 5) is 12.7. The number of hydrogen-bond acceptors (Lipinski definition) is 5. The maximum Gasteiger partial charge on any atom is 0.350 e. The van der Waals surface area contributed by atoms with Crippen LogP contribution in [0.1, 0.15) is 38.8 Å². The fraction of sp³-hybridized carbons (Fsp3) is 0.480. The zero-order chi connectivity index (χ0) is 22.3. The van der Waals surface area contributed by atoms with E-state index in [4.69, 9.17) is 18.6 Å². The first-order chi connectivity index (χ1) is 15.0. The molecule has 0 amide bonds. The van der Waals surface area contributed by atoms with Gasteiger partial charge in [-0.05, 0) is 42.2 Å². The van der Waals surface area contributed by atoms with E-state index in [9.17, 15) is 4.79 Å². The largest absolute Gasteiger partial charge is 0.489 e. The second kappa shape index (κ2) is 10.8. The first-order valence-corrected chi connectivity index (χ1v) is 13.9. The van der Waals surface area contributed by atoms with Crippen molar-refractivity contribution in [3.63, 3.8) is 0 Å². The fourth-order valence-corrected chi connectivity index (χ4v) is 6.88. The lowest BCUT2D eigenvalue weighted by Gasteiger charge is -2.39. The molecule has 5 nitrogen and oxygen atoms in total. The lowest BCUT2D eigenvalue weighted by Crippen LogP contribution is -2.51. The van der Waals surface area contributed by atoms with E-state index in [-0.39, 0.29) is 12.1 Å². The molecule has 168 valence electrons. The number of carbonyl (C=O) groups excluding carboxylic acids is 1. The molecule has 2 atom stereocenters. The molecule has 0 spiro atoms. The summed E-state index contributed by atoms with van der Waals surface area (Å²) < 4.78 is 24.1. The van der Waals surface area contributed by atoms with Gasteiger partial charge < -0.3 is 18.6 Å². The van der Waals surface area contributed by atoms with Gasteiger partial charge in [-0.1, -0.05) is 57.2 Å². The van der Waals surface area contributed by atoms with Gasteiger partial charge in [-0.25, -0.2) is 4.79 Å². The third-order valence-corrected chi connectivity index (χ3v) is 10.8. The van der Waals surface area contributed by atoms with Crippen molar-refractivity contribution in [2.45, 2.75) is 71.1 Å². The molecule has 0 unspecified atom stereocenters. The van der Waals surface area contributed by atoms with Gasteiger partial charge in [0.05, 0.1) is 12.7 Å². The molecule has 0 fully saturated rings. The van der Waals surface area contributed by atoms with Crippen LogP contribution in [0.3, 0.4) is 0 Å². The highest BCUT2D eigenvalue weighted by Gasteiger charge is 2.42. The molecular formula is C25H34O5Si. The predicted octanol–water partition coefficient (Wildman–Crippen LogP) is 5.52. The summed E-state index contributed by atoms with van der Waals surface area (Å²) in [7, 11) is -1.91. The number of rotatable bonds is 10. The third-order valence-electron chi connectivity index (χ3n) is 6.15. The van der Waals surface area contributed by atoms with Gasteiger partial charge >= 0.3 is 5.97 Å². The lowest BCUT2D eigenvalue weighted by atomic mass is 9.99. The maximum absolute atomic E-state index is 12.7. The smallest absolute Gasteiger partial charge is 0.350 e. The highest BCUT2D eigenvalue weighted by atomic mass is 28.4. The molecule has 1 aliphatic rings. The van der Waals surface area contributed by atoms with Crippen LogP contribution in [0.4, 0.5) is 0 Å². The predicted molar refractivity (Wildman–Crippen MR) is 124 cm³/mol. The molecular weight excluding hydrogens is 408 g/mol. The van der Waals surface area contributed by atoms with E-state index in [0.717, 1.165) is 29.3 Å². The SMILES string of the molecule is CCOC(=O)[C@H]1Oc2cc(OCc3ccccc3)ccc2C[C@@H]1O[Si](CC)(CC)CC. The van der Waals surface area contributed by atoms with Crippen molar-refractivity contribution in [3.8, 4) is 11.5 Å². The molecule has 0 saturated carbocycles. The Balaban J connectivity index is 1.80. The number of fused-ring (bicyclic) bond motifs is 1. The third kappa shape index (κ3) is 5.69. The Morgan fingerprint density at radius 2 is 1.74 bits per heavy atom. The molecule has 0 N–H and O–H groups in total. The van der Waals surface area contributed by atoms with E-state index >= 15 is 0 Å². The summed E-state index contributed by atoms with van der Waals surface area (Å²) in [6, 6.07) is 18.9. The Labute approximate surface area is 186 Å². The van der Waals surface area contributed by atoms with E-state index in [1.165, 1.54) is 0 Å². The van der Waals surface area contributed by atoms with Crippen LogP contribution < -0.4 is 9.47 Å². The highest BCUT2D eigenvalue weighted by Crippen LogP contribution is 2.36. The van der Waals surface area contributed by atoms with Crippen LogP contribution in [-0.4, -0.2) is 33.1 Å². The van der Waals surface area contributed by atoms with Gasteiger partial charge in [0.2, 0.25) is 6.10 Å². The summed E-state index contributed by atoms with van der Waals surface area (Å²) in [6.07, 6.45) is -0.450. The molecule has 3 rings (SSSR count). The van der Waals surface area contributed by atoms with Gasteiger partial charge in [-0.15, -0.1) is 0 Å². The number of benzene rings is 2. The molecule has 2 aromatic carbocycles. The molecule has 1 aliphatic heterocycles. The molecule has 0 bridgehead atoms. The van der Waals surface area contributed by atoms with Crippen molar-refractivity contribution in [2.24, 2.45) is 0 Å². The van der Waals surface area contributed by atoms with E-state index < -0.39 is 14.4 Å². The van der Waals surface area contributed by atoms with Crippen LogP contribution in [0.15, 0.2) is 48.5 Å². The summed E-state index contributed by atoms with van der Waals surface area (Å²) in [5.41, 5.74) is 2.13. The van der Waals surface area contributed by atoms with Crippen LogP contribution in [-0.2, 0) is 27.0 Å². The first-order valence-electron chi connectivity index (χ1n) is 11.3. The van der Waals surface area contributed by atoms with Gasteiger partial charge in [-0.3, -0.25) is 0 Å². The molecule has 0 aromatic heterocycles. The highest BCUT2D eigenvalue weighted by molar-refractivity contribution is 6.73. The van der Waals surface area contributed by atoms with Crippen molar-refractivity contribution in [3.05, 3.63) is 59.7 Å². The second-order valence-electron chi connectivity index (χ2n) is 7.94. The normalized spacial score (nSPS) is 18.1. The Morgan fingerprint density at radius 3 is 2.39 bits per heavy atom. The molecule has 0 aliphatic carbocycles. The van der Waals surface area contributed by atoms with E-state index in [0.29, 0.717) is 31.1 Å². The van der Waals surface area contributed by atoms with Crippen molar-refractivity contribution in [1.82, 2.24) is 0 Å². The van der Waals surface area contributed by atoms with Gasteiger partial charge in [-0.2, -0.15) is 0 Å². The van der Waals surface area contributed by atoms with Crippen LogP contribution in [0.25, 0.3) is 0 Å². The fourth-order valence-electron chi connectivity index (χ4n) is 4.03. The molecule has 6 heteroatoms. The van der Waals surface area contributed by atoms with Crippen molar-refractivity contribution >= 4 is 14.3 Å². The van der Waals surface area contributed by atoms with E-state index in [1.54, 1.807) is 0 Å². The zero-order valence-corrected chi connectivity index (χ0v) is 20.1. The van der Waals surface area contributed by atoms with Gasteiger partial charge in [0.1, 0.15) is 18.1 Å². The Kier molecular flexibility index (Phi) is 8.15. The van der Waals surface area contributed by atoms with Crippen molar-refractivity contribution in [1.29, 1.82) is 0 Å². The van der Waals surface area contributed by atoms with Gasteiger partial charge in [0, 0.05) is 12.5 Å². The van der Waals surface area contributed by atoms with Crippen molar-refractivity contribution < 1.29 is 23.4 Å². The molecule has 0 saturated heterocycles. The quantitative estimate of drug-likeness (QED) is 0.358. The molecule has 0 radical (unpaired) electrons. The number of hydrogen-bond donors (Lipinski definition) is 0. The second-order valence-corrected chi connectivity index (χ2v) is 12.7. The Morgan fingerprint density at radius 1 is 1.03 bits per heavy atom. The van der Waals surface area contributed by atoms with E-state index in [1.807, 2.05) is 55.5 Å². The molecule has 1 heterocycles. The average Bonchev–Trinajstić information content (AvgIpc) is 2.81. The topological polar surface area (TPSA) is 54.0 Å². The van der Waals surface area contributed by atoms with Crippen molar-refractivity contribution in [2.75, 3.05) is 6.61 Å². The monoisotopic (exact) mass is 442 g/mol. The minimum absolute atomic E-state index is 0.316. The minimum Gasteiger partial charge on any atom is -0.489 e. The van der Waals surface area contributed by atoms with Crippen LogP contribution in [0.2, 0.25) is 18.1 Å². The van der Waals surface area contributed by atoms with E-state index in [2.05, 4.69) is 20.8 Å². The van der Waals surface area contributed by atoms with Gasteiger partial charge in [0.15, 0.2) is 8.32 Å². The number of carbonyl (C=O) groups is 1.